The molecule has 0 spiro atoms. The summed E-state index contributed by atoms with van der Waals surface area (Å²) in [5.41, 5.74) is 0.567. The highest BCUT2D eigenvalue weighted by Crippen LogP contribution is 2.24. The van der Waals surface area contributed by atoms with Crippen molar-refractivity contribution in [1.82, 2.24) is 9.55 Å². The number of aromatic nitrogens is 2. The van der Waals surface area contributed by atoms with Gasteiger partial charge in [0.15, 0.2) is 5.82 Å². The van der Waals surface area contributed by atoms with E-state index < -0.39 is 11.5 Å². The number of aliphatic carboxylic acids is 1. The number of rotatable bonds is 5. The van der Waals surface area contributed by atoms with Gasteiger partial charge in [0.05, 0.1) is 5.52 Å². The molecule has 0 saturated heterocycles. The van der Waals surface area contributed by atoms with Crippen LogP contribution in [0.1, 0.15) is 26.7 Å². The van der Waals surface area contributed by atoms with Gasteiger partial charge in [0.2, 0.25) is 5.95 Å². The number of benzene rings is 1. The zero-order valence-corrected chi connectivity index (χ0v) is 11.8. The maximum absolute atomic E-state index is 13.7. The fourth-order valence-corrected chi connectivity index (χ4v) is 2.08. The van der Waals surface area contributed by atoms with Crippen molar-refractivity contribution in [3.63, 3.8) is 0 Å². The summed E-state index contributed by atoms with van der Waals surface area (Å²) in [6.07, 6.45) is 0.520. The molecule has 108 valence electrons. The zero-order chi connectivity index (χ0) is 14.9. The predicted octanol–water partition coefficient (Wildman–Crippen LogP) is 2.77. The van der Waals surface area contributed by atoms with Gasteiger partial charge in [-0.3, -0.25) is 4.79 Å². The number of para-hydroxylation sites is 1. The normalized spacial score (nSPS) is 11.8. The van der Waals surface area contributed by atoms with Crippen LogP contribution in [0.2, 0.25) is 0 Å². The molecule has 0 bridgehead atoms. The molecule has 20 heavy (non-hydrogen) atoms. The summed E-state index contributed by atoms with van der Waals surface area (Å²) < 4.78 is 15.4. The standard InChI is InChI=1S/C14H18FN3O2/c1-14(2,8-7-11(19)20)17-13-16-12-9(15)5-4-6-10(12)18(13)3/h4-6H,7-8H2,1-3H3,(H,16,17)(H,19,20). The topological polar surface area (TPSA) is 67.2 Å². The Bertz CT molecular complexity index is 649. The van der Waals surface area contributed by atoms with E-state index in [2.05, 4.69) is 10.3 Å². The molecule has 0 aliphatic heterocycles. The molecule has 0 unspecified atom stereocenters. The quantitative estimate of drug-likeness (QED) is 0.883. The van der Waals surface area contributed by atoms with Crippen LogP contribution in [0.5, 0.6) is 0 Å². The van der Waals surface area contributed by atoms with Gasteiger partial charge in [0.25, 0.3) is 0 Å². The minimum Gasteiger partial charge on any atom is -0.481 e. The number of carbonyl (C=O) groups is 1. The number of halogens is 1. The molecule has 2 aromatic rings. The summed E-state index contributed by atoms with van der Waals surface area (Å²) in [4.78, 5) is 14.9. The molecule has 1 heterocycles. The Morgan fingerprint density at radius 2 is 2.20 bits per heavy atom. The first-order chi connectivity index (χ1) is 9.30. The highest BCUT2D eigenvalue weighted by Gasteiger charge is 2.22. The fourth-order valence-electron chi connectivity index (χ4n) is 2.08. The molecular weight excluding hydrogens is 261 g/mol. The second-order valence-corrected chi connectivity index (χ2v) is 5.50. The minimum absolute atomic E-state index is 0.0678. The number of fused-ring (bicyclic) bond motifs is 1. The summed E-state index contributed by atoms with van der Waals surface area (Å²) in [6.45, 7) is 3.79. The number of nitrogens with zero attached hydrogens (tertiary/aromatic N) is 2. The van der Waals surface area contributed by atoms with E-state index >= 15 is 0 Å². The molecule has 0 aliphatic carbocycles. The third kappa shape index (κ3) is 2.89. The molecule has 2 rings (SSSR count). The first kappa shape index (κ1) is 14.3. The van der Waals surface area contributed by atoms with Crippen molar-refractivity contribution in [2.45, 2.75) is 32.2 Å². The van der Waals surface area contributed by atoms with Crippen LogP contribution in [0, 0.1) is 5.82 Å². The molecule has 1 aromatic carbocycles. The van der Waals surface area contributed by atoms with Gasteiger partial charge in [-0.1, -0.05) is 6.07 Å². The molecule has 1 aromatic heterocycles. The predicted molar refractivity (Wildman–Crippen MR) is 75.2 cm³/mol. The van der Waals surface area contributed by atoms with E-state index in [1.807, 2.05) is 13.8 Å². The Hall–Kier alpha value is -2.11. The van der Waals surface area contributed by atoms with Crippen molar-refractivity contribution in [2.75, 3.05) is 5.32 Å². The number of hydrogen-bond donors (Lipinski definition) is 2. The van der Waals surface area contributed by atoms with Gasteiger partial charge in [0.1, 0.15) is 5.52 Å². The Labute approximate surface area is 116 Å². The van der Waals surface area contributed by atoms with Crippen LogP contribution in [0.4, 0.5) is 10.3 Å². The molecule has 0 radical (unpaired) electrons. The third-order valence-corrected chi connectivity index (χ3v) is 3.28. The minimum atomic E-state index is -0.837. The van der Waals surface area contributed by atoms with Crippen molar-refractivity contribution >= 4 is 23.0 Å². The van der Waals surface area contributed by atoms with Crippen LogP contribution in [-0.4, -0.2) is 26.2 Å². The Morgan fingerprint density at radius 3 is 2.80 bits per heavy atom. The maximum Gasteiger partial charge on any atom is 0.303 e. The van der Waals surface area contributed by atoms with Crippen LogP contribution in [-0.2, 0) is 11.8 Å². The van der Waals surface area contributed by atoms with Gasteiger partial charge in [0, 0.05) is 19.0 Å². The molecule has 5 nitrogen and oxygen atoms in total. The van der Waals surface area contributed by atoms with Crippen molar-refractivity contribution in [1.29, 1.82) is 0 Å². The molecule has 0 atom stereocenters. The van der Waals surface area contributed by atoms with E-state index in [1.54, 1.807) is 23.7 Å². The van der Waals surface area contributed by atoms with E-state index in [-0.39, 0.29) is 12.2 Å². The van der Waals surface area contributed by atoms with Crippen molar-refractivity contribution < 1.29 is 14.3 Å². The summed E-state index contributed by atoms with van der Waals surface area (Å²) in [6, 6.07) is 4.80. The number of aryl methyl sites for hydroxylation is 1. The van der Waals surface area contributed by atoms with Gasteiger partial charge in [-0.15, -0.1) is 0 Å². The fraction of sp³-hybridized carbons (Fsp3) is 0.429. The van der Waals surface area contributed by atoms with Crippen LogP contribution in [0.3, 0.4) is 0 Å². The molecule has 2 N–H and O–H groups in total. The molecule has 6 heteroatoms. The Morgan fingerprint density at radius 1 is 1.50 bits per heavy atom. The van der Waals surface area contributed by atoms with Gasteiger partial charge in [-0.2, -0.15) is 0 Å². The summed E-state index contributed by atoms with van der Waals surface area (Å²) >= 11 is 0. The molecular formula is C14H18FN3O2. The first-order valence-corrected chi connectivity index (χ1v) is 6.41. The monoisotopic (exact) mass is 279 g/mol. The van der Waals surface area contributed by atoms with Gasteiger partial charge in [-0.05, 0) is 32.4 Å². The molecule has 0 saturated carbocycles. The van der Waals surface area contributed by atoms with Crippen molar-refractivity contribution in [3.8, 4) is 0 Å². The average Bonchev–Trinajstić information content (AvgIpc) is 2.66. The molecule has 0 fully saturated rings. The van der Waals surface area contributed by atoms with E-state index in [9.17, 15) is 9.18 Å². The van der Waals surface area contributed by atoms with Crippen molar-refractivity contribution in [3.05, 3.63) is 24.0 Å². The second-order valence-electron chi connectivity index (χ2n) is 5.50. The lowest BCUT2D eigenvalue weighted by Crippen LogP contribution is -2.32. The van der Waals surface area contributed by atoms with Crippen LogP contribution in [0.25, 0.3) is 11.0 Å². The summed E-state index contributed by atoms with van der Waals surface area (Å²) in [5, 5.41) is 11.9. The van der Waals surface area contributed by atoms with Crippen molar-refractivity contribution in [2.24, 2.45) is 7.05 Å². The van der Waals surface area contributed by atoms with E-state index in [0.717, 1.165) is 0 Å². The average molecular weight is 279 g/mol. The van der Waals surface area contributed by atoms with Gasteiger partial charge < -0.3 is 15.0 Å². The third-order valence-electron chi connectivity index (χ3n) is 3.28. The van der Waals surface area contributed by atoms with E-state index in [1.165, 1.54) is 6.07 Å². The van der Waals surface area contributed by atoms with E-state index in [4.69, 9.17) is 5.11 Å². The first-order valence-electron chi connectivity index (χ1n) is 6.41. The van der Waals surface area contributed by atoms with Gasteiger partial charge >= 0.3 is 5.97 Å². The SMILES string of the molecule is Cn1c(NC(C)(C)CCC(=O)O)nc2c(F)cccc21. The number of anilines is 1. The van der Waals surface area contributed by atoms with Crippen LogP contribution < -0.4 is 5.32 Å². The molecule has 0 amide bonds. The highest BCUT2D eigenvalue weighted by molar-refractivity contribution is 5.79. The lowest BCUT2D eigenvalue weighted by Gasteiger charge is -2.26. The number of hydrogen-bond acceptors (Lipinski definition) is 3. The number of carboxylic acid groups (broad SMARTS) is 1. The number of carboxylic acids is 1. The highest BCUT2D eigenvalue weighted by atomic mass is 19.1. The van der Waals surface area contributed by atoms with Crippen LogP contribution in [0.15, 0.2) is 18.2 Å². The van der Waals surface area contributed by atoms with Crippen LogP contribution >= 0.6 is 0 Å². The maximum atomic E-state index is 13.7. The summed E-state index contributed by atoms with van der Waals surface area (Å²) in [5.74, 6) is -0.675. The summed E-state index contributed by atoms with van der Waals surface area (Å²) in [7, 11) is 1.80. The Kier molecular flexibility index (Phi) is 3.65. The Balaban J connectivity index is 2.27. The second kappa shape index (κ2) is 5.11. The van der Waals surface area contributed by atoms with E-state index in [0.29, 0.717) is 23.4 Å². The lowest BCUT2D eigenvalue weighted by molar-refractivity contribution is -0.137. The lowest BCUT2D eigenvalue weighted by atomic mass is 9.99. The number of nitrogens with one attached hydrogen (secondary N) is 1. The smallest absolute Gasteiger partial charge is 0.303 e. The zero-order valence-electron chi connectivity index (χ0n) is 11.8. The molecule has 0 aliphatic rings. The number of imidazole rings is 1. The largest absolute Gasteiger partial charge is 0.481 e. The van der Waals surface area contributed by atoms with Gasteiger partial charge in [-0.25, -0.2) is 9.37 Å².